The SMILES string of the molecule is COc1cc(O)ccc1/C=C(/NC(=O)c1ccccc1)C(=O)Nc1cccc(SCC(=O)Nc2ccc(C)cc2)c1. The number of rotatable bonds is 10. The fraction of sp³-hybridized carbons (Fsp3) is 0.0938. The van der Waals surface area contributed by atoms with Crippen molar-refractivity contribution in [1.29, 1.82) is 0 Å². The van der Waals surface area contributed by atoms with Crippen LogP contribution in [-0.2, 0) is 9.59 Å². The lowest BCUT2D eigenvalue weighted by molar-refractivity contribution is -0.114. The van der Waals surface area contributed by atoms with Crippen LogP contribution in [0.1, 0.15) is 21.5 Å². The molecule has 0 aliphatic heterocycles. The number of carbonyl (C=O) groups is 3. The predicted molar refractivity (Wildman–Crippen MR) is 162 cm³/mol. The van der Waals surface area contributed by atoms with Crippen LogP contribution in [0.3, 0.4) is 0 Å². The highest BCUT2D eigenvalue weighted by Crippen LogP contribution is 2.26. The van der Waals surface area contributed by atoms with Gasteiger partial charge in [-0.2, -0.15) is 0 Å². The molecule has 9 heteroatoms. The second-order valence-corrected chi connectivity index (χ2v) is 10.0. The smallest absolute Gasteiger partial charge is 0.272 e. The number of aryl methyl sites for hydroxylation is 1. The minimum Gasteiger partial charge on any atom is -0.508 e. The first-order valence-electron chi connectivity index (χ1n) is 12.7. The molecule has 0 saturated carbocycles. The number of thioether (sulfide) groups is 1. The summed E-state index contributed by atoms with van der Waals surface area (Å²) in [7, 11) is 1.44. The van der Waals surface area contributed by atoms with Gasteiger partial charge in [0.1, 0.15) is 17.2 Å². The van der Waals surface area contributed by atoms with E-state index in [1.165, 1.54) is 37.1 Å². The molecule has 0 saturated heterocycles. The molecular weight excluding hydrogens is 538 g/mol. The molecule has 0 unspecified atom stereocenters. The lowest BCUT2D eigenvalue weighted by atomic mass is 10.1. The Labute approximate surface area is 242 Å². The number of phenolic OH excluding ortho intramolecular Hbond substituents is 1. The third kappa shape index (κ3) is 8.48. The van der Waals surface area contributed by atoms with E-state index in [4.69, 9.17) is 4.74 Å². The highest BCUT2D eigenvalue weighted by atomic mass is 32.2. The van der Waals surface area contributed by atoms with E-state index in [0.717, 1.165) is 16.1 Å². The summed E-state index contributed by atoms with van der Waals surface area (Å²) < 4.78 is 5.33. The minimum absolute atomic E-state index is 0.000171. The van der Waals surface area contributed by atoms with Gasteiger partial charge in [-0.1, -0.05) is 42.0 Å². The van der Waals surface area contributed by atoms with Crippen molar-refractivity contribution in [3.63, 3.8) is 0 Å². The Balaban J connectivity index is 1.49. The summed E-state index contributed by atoms with van der Waals surface area (Å²) in [5.74, 6) is -0.668. The third-order valence-corrected chi connectivity index (χ3v) is 6.84. The van der Waals surface area contributed by atoms with Crippen LogP contribution < -0.4 is 20.7 Å². The second-order valence-electron chi connectivity index (χ2n) is 8.99. The van der Waals surface area contributed by atoms with Crippen LogP contribution in [0.15, 0.2) is 108 Å². The molecule has 0 aliphatic carbocycles. The van der Waals surface area contributed by atoms with E-state index < -0.39 is 11.8 Å². The number of anilines is 2. The number of phenols is 1. The fourth-order valence-corrected chi connectivity index (χ4v) is 4.52. The van der Waals surface area contributed by atoms with Crippen LogP contribution >= 0.6 is 11.8 Å². The van der Waals surface area contributed by atoms with E-state index in [2.05, 4.69) is 16.0 Å². The molecule has 4 aromatic carbocycles. The van der Waals surface area contributed by atoms with Crippen LogP contribution in [0.2, 0.25) is 0 Å². The summed E-state index contributed by atoms with van der Waals surface area (Å²) in [5.41, 5.74) is 3.15. The number of ether oxygens (including phenoxy) is 1. The van der Waals surface area contributed by atoms with E-state index in [9.17, 15) is 19.5 Å². The molecule has 0 fully saturated rings. The molecule has 4 aromatic rings. The van der Waals surface area contributed by atoms with Crippen molar-refractivity contribution in [2.45, 2.75) is 11.8 Å². The van der Waals surface area contributed by atoms with Crippen LogP contribution in [0, 0.1) is 6.92 Å². The zero-order valence-electron chi connectivity index (χ0n) is 22.5. The summed E-state index contributed by atoms with van der Waals surface area (Å²) in [5, 5.41) is 18.2. The Morgan fingerprint density at radius 2 is 1.61 bits per heavy atom. The maximum absolute atomic E-state index is 13.4. The quantitative estimate of drug-likeness (QED) is 0.141. The normalized spacial score (nSPS) is 10.9. The summed E-state index contributed by atoms with van der Waals surface area (Å²) >= 11 is 1.33. The topological polar surface area (TPSA) is 117 Å². The highest BCUT2D eigenvalue weighted by molar-refractivity contribution is 8.00. The van der Waals surface area contributed by atoms with E-state index in [0.29, 0.717) is 22.6 Å². The zero-order valence-corrected chi connectivity index (χ0v) is 23.3. The minimum atomic E-state index is -0.566. The average Bonchev–Trinajstić information content (AvgIpc) is 2.98. The van der Waals surface area contributed by atoms with Gasteiger partial charge in [0.2, 0.25) is 5.91 Å². The average molecular weight is 568 g/mol. The van der Waals surface area contributed by atoms with Crippen LogP contribution in [0.5, 0.6) is 11.5 Å². The van der Waals surface area contributed by atoms with Crippen molar-refractivity contribution in [3.05, 3.63) is 119 Å². The number of carbonyl (C=O) groups excluding carboxylic acids is 3. The van der Waals surface area contributed by atoms with Gasteiger partial charge in [0.25, 0.3) is 11.8 Å². The molecule has 0 radical (unpaired) electrons. The standard InChI is InChI=1S/C32H29N3O5S/c1-21-11-14-24(15-12-21)33-30(37)20-41-27-10-6-9-25(18-27)34-32(39)28(35-31(38)22-7-4-3-5-8-22)17-23-13-16-26(36)19-29(23)40-2/h3-19,36H,20H2,1-2H3,(H,33,37)(H,34,39)(H,35,38)/b28-17+. The molecule has 0 atom stereocenters. The van der Waals surface area contributed by atoms with Crippen molar-refractivity contribution in [2.24, 2.45) is 0 Å². The summed E-state index contributed by atoms with van der Waals surface area (Å²) in [4.78, 5) is 39.5. The number of hydrogen-bond acceptors (Lipinski definition) is 6. The molecule has 0 aliphatic rings. The van der Waals surface area contributed by atoms with Crippen molar-refractivity contribution < 1.29 is 24.2 Å². The lowest BCUT2D eigenvalue weighted by Gasteiger charge is -2.13. The van der Waals surface area contributed by atoms with Crippen molar-refractivity contribution in [1.82, 2.24) is 5.32 Å². The summed E-state index contributed by atoms with van der Waals surface area (Å²) in [6.07, 6.45) is 1.47. The number of nitrogens with one attached hydrogen (secondary N) is 3. The Morgan fingerprint density at radius 3 is 2.34 bits per heavy atom. The maximum Gasteiger partial charge on any atom is 0.272 e. The molecule has 208 valence electrons. The van der Waals surface area contributed by atoms with Gasteiger partial charge in [0, 0.05) is 33.5 Å². The third-order valence-electron chi connectivity index (χ3n) is 5.84. The number of benzene rings is 4. The van der Waals surface area contributed by atoms with Crippen molar-refractivity contribution in [3.8, 4) is 11.5 Å². The van der Waals surface area contributed by atoms with E-state index in [1.54, 1.807) is 54.6 Å². The Hall–Kier alpha value is -5.02. The highest BCUT2D eigenvalue weighted by Gasteiger charge is 2.17. The van der Waals surface area contributed by atoms with Gasteiger partial charge in [-0.25, -0.2) is 0 Å². The van der Waals surface area contributed by atoms with E-state index in [-0.39, 0.29) is 23.1 Å². The fourth-order valence-electron chi connectivity index (χ4n) is 3.76. The first-order chi connectivity index (χ1) is 19.8. The van der Waals surface area contributed by atoms with E-state index >= 15 is 0 Å². The van der Waals surface area contributed by atoms with E-state index in [1.807, 2.05) is 37.3 Å². The van der Waals surface area contributed by atoms with Crippen LogP contribution in [-0.4, -0.2) is 35.7 Å². The molecule has 0 spiro atoms. The first-order valence-corrected chi connectivity index (χ1v) is 13.6. The molecule has 4 rings (SSSR count). The molecule has 0 aromatic heterocycles. The molecular formula is C32H29N3O5S. The van der Waals surface area contributed by atoms with Gasteiger partial charge < -0.3 is 25.8 Å². The molecule has 0 heterocycles. The Kier molecular flexibility index (Phi) is 9.80. The first kappa shape index (κ1) is 29.0. The van der Waals surface area contributed by atoms with Crippen LogP contribution in [0.4, 0.5) is 11.4 Å². The summed E-state index contributed by atoms with van der Waals surface area (Å²) in [6, 6.07) is 27.6. The number of amides is 3. The molecule has 3 amide bonds. The summed E-state index contributed by atoms with van der Waals surface area (Å²) in [6.45, 7) is 1.98. The Morgan fingerprint density at radius 1 is 0.854 bits per heavy atom. The van der Waals surface area contributed by atoms with Gasteiger partial charge in [-0.15, -0.1) is 11.8 Å². The van der Waals surface area contributed by atoms with Gasteiger partial charge in [-0.05, 0) is 67.6 Å². The predicted octanol–water partition coefficient (Wildman–Crippen LogP) is 5.85. The molecule has 41 heavy (non-hydrogen) atoms. The van der Waals surface area contributed by atoms with Gasteiger partial charge >= 0.3 is 0 Å². The zero-order chi connectivity index (χ0) is 29.2. The van der Waals surface area contributed by atoms with Crippen molar-refractivity contribution >= 4 is 46.9 Å². The number of hydrogen-bond donors (Lipinski definition) is 4. The number of methoxy groups -OCH3 is 1. The lowest BCUT2D eigenvalue weighted by Crippen LogP contribution is -2.30. The molecule has 8 nitrogen and oxygen atoms in total. The molecule has 0 bridgehead atoms. The largest absolute Gasteiger partial charge is 0.508 e. The van der Waals surface area contributed by atoms with Crippen LogP contribution in [0.25, 0.3) is 6.08 Å². The van der Waals surface area contributed by atoms with Gasteiger partial charge in [-0.3, -0.25) is 14.4 Å². The molecule has 4 N–H and O–H groups in total. The van der Waals surface area contributed by atoms with Crippen molar-refractivity contribution in [2.75, 3.05) is 23.5 Å². The van der Waals surface area contributed by atoms with Gasteiger partial charge in [0.05, 0.1) is 12.9 Å². The Bertz CT molecular complexity index is 1570. The number of aromatic hydroxyl groups is 1. The second kappa shape index (κ2) is 13.9. The monoisotopic (exact) mass is 567 g/mol. The van der Waals surface area contributed by atoms with Gasteiger partial charge in [0.15, 0.2) is 0 Å². The maximum atomic E-state index is 13.4.